The Labute approximate surface area is 209 Å². The lowest BCUT2D eigenvalue weighted by molar-refractivity contribution is -0.139. The fraction of sp³-hybridized carbons (Fsp3) is 0.440. The molecule has 1 saturated heterocycles. The number of nitrogens with two attached hydrogens (primary N) is 1. The van der Waals surface area contributed by atoms with E-state index in [-0.39, 0.29) is 30.8 Å². The minimum atomic E-state index is -0.508. The number of benzene rings is 1. The maximum absolute atomic E-state index is 13.2. The highest BCUT2D eigenvalue weighted by atomic mass is 32.2. The second kappa shape index (κ2) is 10.6. The SMILES string of the molecule is CCOC(=O)C1=C(C)N=C2SC=C(CC(=O)N3CCC(C(N)=O)CC3)N2C1c1cccc(OC)c1. The quantitative estimate of drug-likeness (QED) is 0.575. The van der Waals surface area contributed by atoms with Crippen molar-refractivity contribution in [2.75, 3.05) is 26.8 Å². The molecule has 2 amide bonds. The molecule has 0 aliphatic carbocycles. The number of hydrogen-bond acceptors (Lipinski definition) is 8. The van der Waals surface area contributed by atoms with Gasteiger partial charge in [0.25, 0.3) is 0 Å². The average molecular weight is 499 g/mol. The van der Waals surface area contributed by atoms with Crippen molar-refractivity contribution in [1.82, 2.24) is 9.80 Å². The number of fused-ring (bicyclic) bond motifs is 1. The van der Waals surface area contributed by atoms with E-state index in [9.17, 15) is 14.4 Å². The molecule has 9 nitrogen and oxygen atoms in total. The van der Waals surface area contributed by atoms with E-state index < -0.39 is 12.0 Å². The number of esters is 1. The number of amidine groups is 1. The Morgan fingerprint density at radius 1 is 1.23 bits per heavy atom. The van der Waals surface area contributed by atoms with Crippen LogP contribution in [0.5, 0.6) is 5.75 Å². The number of thioether (sulfide) groups is 1. The van der Waals surface area contributed by atoms with E-state index in [0.717, 1.165) is 11.3 Å². The number of nitrogens with zero attached hydrogens (tertiary/aromatic N) is 3. The third-order valence-electron chi connectivity index (χ3n) is 6.49. The predicted octanol–water partition coefficient (Wildman–Crippen LogP) is 2.95. The van der Waals surface area contributed by atoms with Crippen molar-refractivity contribution >= 4 is 34.7 Å². The second-order valence-electron chi connectivity index (χ2n) is 8.62. The number of primary amides is 1. The van der Waals surface area contributed by atoms with Crippen molar-refractivity contribution in [3.63, 3.8) is 0 Å². The first kappa shape index (κ1) is 24.8. The number of hydrogen-bond donors (Lipinski definition) is 1. The molecule has 1 atom stereocenters. The summed E-state index contributed by atoms with van der Waals surface area (Å²) in [7, 11) is 1.59. The van der Waals surface area contributed by atoms with E-state index in [1.54, 1.807) is 25.9 Å². The topological polar surface area (TPSA) is 115 Å². The molecule has 186 valence electrons. The van der Waals surface area contributed by atoms with Gasteiger partial charge in [-0.15, -0.1) is 0 Å². The summed E-state index contributed by atoms with van der Waals surface area (Å²) >= 11 is 1.43. The van der Waals surface area contributed by atoms with Gasteiger partial charge in [-0.25, -0.2) is 9.79 Å². The first-order valence-electron chi connectivity index (χ1n) is 11.7. The van der Waals surface area contributed by atoms with Crippen LogP contribution in [0.15, 0.2) is 51.6 Å². The second-order valence-corrected chi connectivity index (χ2v) is 9.46. The summed E-state index contributed by atoms with van der Waals surface area (Å²) in [5.74, 6) is -0.293. The number of likely N-dealkylation sites (tertiary alicyclic amines) is 1. The number of ether oxygens (including phenoxy) is 2. The van der Waals surface area contributed by atoms with Gasteiger partial charge in [-0.3, -0.25) is 9.59 Å². The van der Waals surface area contributed by atoms with Gasteiger partial charge in [-0.05, 0) is 49.8 Å². The van der Waals surface area contributed by atoms with Gasteiger partial charge in [-0.1, -0.05) is 23.9 Å². The zero-order valence-corrected chi connectivity index (χ0v) is 21.0. The molecule has 3 aliphatic heterocycles. The number of carbonyl (C=O) groups is 3. The van der Waals surface area contributed by atoms with E-state index in [2.05, 4.69) is 4.99 Å². The van der Waals surface area contributed by atoms with Gasteiger partial charge in [0.2, 0.25) is 11.8 Å². The monoisotopic (exact) mass is 498 g/mol. The lowest BCUT2D eigenvalue weighted by Gasteiger charge is -2.37. The van der Waals surface area contributed by atoms with E-state index in [1.165, 1.54) is 11.8 Å². The van der Waals surface area contributed by atoms with Crippen LogP contribution in [0, 0.1) is 5.92 Å². The highest BCUT2D eigenvalue weighted by Crippen LogP contribution is 2.45. The zero-order chi connectivity index (χ0) is 25.1. The van der Waals surface area contributed by atoms with E-state index >= 15 is 0 Å². The maximum Gasteiger partial charge on any atom is 0.338 e. The van der Waals surface area contributed by atoms with Crippen molar-refractivity contribution in [1.29, 1.82) is 0 Å². The first-order valence-corrected chi connectivity index (χ1v) is 12.5. The van der Waals surface area contributed by atoms with Crippen LogP contribution in [0.25, 0.3) is 0 Å². The number of carbonyl (C=O) groups excluding carboxylic acids is 3. The van der Waals surface area contributed by atoms with Gasteiger partial charge < -0.3 is 25.0 Å². The number of rotatable bonds is 7. The summed E-state index contributed by atoms with van der Waals surface area (Å²) in [4.78, 5) is 46.1. The molecule has 0 radical (unpaired) electrons. The molecule has 0 saturated carbocycles. The number of allylic oxidation sites excluding steroid dienone is 1. The first-order chi connectivity index (χ1) is 16.8. The van der Waals surface area contributed by atoms with Gasteiger partial charge in [0.1, 0.15) is 5.75 Å². The van der Waals surface area contributed by atoms with Crippen LogP contribution >= 0.6 is 11.8 Å². The van der Waals surface area contributed by atoms with Crippen molar-refractivity contribution < 1.29 is 23.9 Å². The van der Waals surface area contributed by atoms with Crippen molar-refractivity contribution in [3.8, 4) is 5.75 Å². The Morgan fingerprint density at radius 3 is 2.63 bits per heavy atom. The van der Waals surface area contributed by atoms with Crippen LogP contribution in [-0.2, 0) is 19.1 Å². The van der Waals surface area contributed by atoms with Crippen molar-refractivity contribution in [2.45, 2.75) is 39.2 Å². The van der Waals surface area contributed by atoms with Gasteiger partial charge in [-0.2, -0.15) is 0 Å². The van der Waals surface area contributed by atoms with Gasteiger partial charge >= 0.3 is 5.97 Å². The number of methoxy groups -OCH3 is 1. The van der Waals surface area contributed by atoms with Gasteiger partial charge in [0, 0.05) is 24.7 Å². The molecule has 0 aromatic heterocycles. The Hall–Kier alpha value is -3.27. The van der Waals surface area contributed by atoms with Crippen LogP contribution < -0.4 is 10.5 Å². The Balaban J connectivity index is 1.63. The normalized spacial score (nSPS) is 20.3. The Bertz CT molecular complexity index is 1120. The van der Waals surface area contributed by atoms with Crippen LogP contribution in [0.3, 0.4) is 0 Å². The third-order valence-corrected chi connectivity index (χ3v) is 7.38. The summed E-state index contributed by atoms with van der Waals surface area (Å²) < 4.78 is 10.8. The predicted molar refractivity (Wildman–Crippen MR) is 133 cm³/mol. The summed E-state index contributed by atoms with van der Waals surface area (Å²) in [6.45, 7) is 4.81. The fourth-order valence-corrected chi connectivity index (χ4v) is 5.61. The summed E-state index contributed by atoms with van der Waals surface area (Å²) in [5, 5.41) is 2.63. The smallest absolute Gasteiger partial charge is 0.338 e. The molecular formula is C25H30N4O5S. The number of piperidine rings is 1. The maximum atomic E-state index is 13.2. The fourth-order valence-electron chi connectivity index (χ4n) is 4.65. The van der Waals surface area contributed by atoms with Crippen LogP contribution in [0.4, 0.5) is 0 Å². The Morgan fingerprint density at radius 2 is 1.97 bits per heavy atom. The van der Waals surface area contributed by atoms with Crippen LogP contribution in [-0.4, -0.2) is 59.6 Å². The molecule has 3 aliphatic rings. The molecule has 1 fully saturated rings. The molecule has 1 aromatic rings. The van der Waals surface area contributed by atoms with Crippen molar-refractivity contribution in [3.05, 3.63) is 52.2 Å². The molecule has 2 N–H and O–H groups in total. The molecule has 3 heterocycles. The number of aliphatic imine (C=N–C) groups is 1. The number of amides is 2. The molecule has 10 heteroatoms. The average Bonchev–Trinajstić information content (AvgIpc) is 3.25. The highest BCUT2D eigenvalue weighted by molar-refractivity contribution is 8.16. The molecule has 1 unspecified atom stereocenters. The summed E-state index contributed by atoms with van der Waals surface area (Å²) in [6, 6.07) is 7.03. The lowest BCUT2D eigenvalue weighted by Crippen LogP contribution is -2.43. The van der Waals surface area contributed by atoms with E-state index in [1.807, 2.05) is 34.6 Å². The van der Waals surface area contributed by atoms with E-state index in [0.29, 0.717) is 48.1 Å². The zero-order valence-electron chi connectivity index (χ0n) is 20.2. The summed E-state index contributed by atoms with van der Waals surface area (Å²) in [6.07, 6.45) is 1.31. The standard InChI is InChI=1S/C25H30N4O5S/c1-4-34-24(32)21-15(2)27-25-29(22(21)17-6-5-7-19(12-17)33-3)18(14-35-25)13-20(30)28-10-8-16(9-11-28)23(26)31/h5-7,12,14,16,22H,4,8-11,13H2,1-3H3,(H2,26,31). The summed E-state index contributed by atoms with van der Waals surface area (Å²) in [5.41, 5.74) is 8.05. The molecule has 4 rings (SSSR count). The van der Waals surface area contributed by atoms with Gasteiger partial charge in [0.15, 0.2) is 5.17 Å². The highest BCUT2D eigenvalue weighted by Gasteiger charge is 2.41. The van der Waals surface area contributed by atoms with Gasteiger partial charge in [0.05, 0.1) is 37.4 Å². The van der Waals surface area contributed by atoms with Crippen LogP contribution in [0.2, 0.25) is 0 Å². The minimum Gasteiger partial charge on any atom is -0.497 e. The largest absolute Gasteiger partial charge is 0.497 e. The molecule has 35 heavy (non-hydrogen) atoms. The molecule has 1 aromatic carbocycles. The van der Waals surface area contributed by atoms with E-state index in [4.69, 9.17) is 15.2 Å². The third kappa shape index (κ3) is 5.07. The molecule has 0 bridgehead atoms. The van der Waals surface area contributed by atoms with Crippen molar-refractivity contribution in [2.24, 2.45) is 16.6 Å². The Kier molecular flexibility index (Phi) is 7.49. The molecule has 0 spiro atoms. The minimum absolute atomic E-state index is 0.0330. The van der Waals surface area contributed by atoms with Crippen LogP contribution in [0.1, 0.15) is 44.7 Å². The molecular weight excluding hydrogens is 468 g/mol. The lowest BCUT2D eigenvalue weighted by atomic mass is 9.93.